The van der Waals surface area contributed by atoms with E-state index in [4.69, 9.17) is 28.0 Å². The van der Waals surface area contributed by atoms with Crippen LogP contribution in [-0.4, -0.2) is 168 Å². The van der Waals surface area contributed by atoms with Crippen molar-refractivity contribution in [1.82, 2.24) is 47.9 Å². The predicted octanol–water partition coefficient (Wildman–Crippen LogP) is -6.97. The van der Waals surface area contributed by atoms with E-state index in [9.17, 15) is 63.0 Å². The molecule has 0 bridgehead atoms. The monoisotopic (exact) mass is 959 g/mol. The fourth-order valence-corrected chi connectivity index (χ4v) is 5.93. The van der Waals surface area contributed by atoms with E-state index in [0.29, 0.717) is 19.4 Å². The number of amides is 9. The highest BCUT2D eigenvalue weighted by atomic mass is 16.4. The van der Waals surface area contributed by atoms with E-state index in [0.717, 1.165) is 0 Å². The Hall–Kier alpha value is -6.68. The zero-order valence-electron chi connectivity index (χ0n) is 38.5. The van der Waals surface area contributed by atoms with Crippen molar-refractivity contribution in [3.05, 3.63) is 0 Å². The van der Waals surface area contributed by atoms with E-state index in [1.807, 2.05) is 0 Å². The van der Waals surface area contributed by atoms with Gasteiger partial charge in [0.25, 0.3) is 0 Å². The van der Waals surface area contributed by atoms with Crippen LogP contribution in [0.1, 0.15) is 79.6 Å². The molecule has 7 atom stereocenters. The molecule has 0 heterocycles. The van der Waals surface area contributed by atoms with Crippen LogP contribution >= 0.6 is 0 Å². The molecule has 0 saturated carbocycles. The van der Waals surface area contributed by atoms with Crippen LogP contribution in [0.4, 0.5) is 0 Å². The first-order chi connectivity index (χ1) is 31.3. The van der Waals surface area contributed by atoms with Gasteiger partial charge in [0.1, 0.15) is 42.8 Å². The molecule has 20 N–H and O–H groups in total. The van der Waals surface area contributed by atoms with Crippen LogP contribution < -0.4 is 70.8 Å². The summed E-state index contributed by atoms with van der Waals surface area (Å²) in [5.74, 6) is -12.0. The molecule has 0 aliphatic rings. The highest BCUT2D eigenvalue weighted by Gasteiger charge is 2.33. The zero-order valence-corrected chi connectivity index (χ0v) is 38.5. The standard InChI is InChI=1S/C39H70N14O14/c1-19(2)13-24(36(65)53-32(21(5)54)37(66)47-18-30(60)61)49-27(56)16-45-33(62)22(10-8-12-44-39(42)43)50-38(67)31(20(3)4)52-28(57)17-46-34(63)25(14-29(58)59)51-35(64)23(9-6-7-11-40)48-26(55)15-41/h19-25,31-32,54H,6-18,40-41H2,1-5H3,(H,45,62)(H,46,63)(H,47,66)(H,48,55)(H,49,56)(H,50,67)(H,51,64)(H,52,57)(H,53,65)(H,58,59)(H,60,61)(H4,42,43,44)/t21-,22+,23+,24+,25+,31+,32+/m1/s1. The van der Waals surface area contributed by atoms with Crippen LogP contribution in [0.3, 0.4) is 0 Å². The third kappa shape index (κ3) is 26.2. The number of hydrogen-bond donors (Lipinski definition) is 16. The maximum atomic E-state index is 13.6. The maximum Gasteiger partial charge on any atom is 0.322 e. The molecular formula is C39H70N14O14. The topological polar surface area (TPSA) is 473 Å². The van der Waals surface area contributed by atoms with E-state index < -0.39 is 146 Å². The van der Waals surface area contributed by atoms with Gasteiger partial charge in [-0.1, -0.05) is 27.7 Å². The molecule has 0 aromatic rings. The highest BCUT2D eigenvalue weighted by molar-refractivity contribution is 5.97. The first kappa shape index (κ1) is 60.3. The van der Waals surface area contributed by atoms with E-state index in [2.05, 4.69) is 52.8 Å². The SMILES string of the molecule is CC(C)C[C@H](NC(=O)CNC(=O)[C@H](CCCN=C(N)N)NC(=O)[C@@H](NC(=O)CNC(=O)[C@H](CC(=O)O)NC(=O)[C@H](CCCCN)NC(=O)CN)C(C)C)C(=O)N[C@H](C(=O)NCC(=O)O)[C@@H](C)O. The lowest BCUT2D eigenvalue weighted by molar-refractivity contribution is -0.141. The van der Waals surface area contributed by atoms with Crippen molar-refractivity contribution in [2.45, 2.75) is 122 Å². The lowest BCUT2D eigenvalue weighted by Crippen LogP contribution is -2.59. The van der Waals surface area contributed by atoms with Crippen molar-refractivity contribution < 1.29 is 68.1 Å². The Morgan fingerprint density at radius 3 is 1.54 bits per heavy atom. The molecule has 0 fully saturated rings. The predicted molar refractivity (Wildman–Crippen MR) is 238 cm³/mol. The number of guanidine groups is 1. The number of carboxylic acid groups (broad SMARTS) is 2. The summed E-state index contributed by atoms with van der Waals surface area (Å²) >= 11 is 0. The number of nitrogens with one attached hydrogen (secondary N) is 9. The number of carbonyl (C=O) groups excluding carboxylic acids is 9. The number of hydrogen-bond acceptors (Lipinski definition) is 15. The minimum atomic E-state index is -1.69. The zero-order chi connectivity index (χ0) is 51.4. The quantitative estimate of drug-likeness (QED) is 0.0165. The number of unbranched alkanes of at least 4 members (excludes halogenated alkanes) is 1. The Morgan fingerprint density at radius 2 is 1.03 bits per heavy atom. The molecule has 0 spiro atoms. The summed E-state index contributed by atoms with van der Waals surface area (Å²) in [4.78, 5) is 143. The molecular weight excluding hydrogens is 889 g/mol. The molecule has 0 unspecified atom stereocenters. The number of aliphatic hydroxyl groups is 1. The first-order valence-electron chi connectivity index (χ1n) is 21.5. The number of nitrogens with zero attached hydrogens (tertiary/aromatic N) is 1. The van der Waals surface area contributed by atoms with Crippen molar-refractivity contribution >= 4 is 71.1 Å². The smallest absolute Gasteiger partial charge is 0.322 e. The van der Waals surface area contributed by atoms with E-state index >= 15 is 0 Å². The number of aliphatic carboxylic acids is 2. The van der Waals surface area contributed by atoms with Gasteiger partial charge in [0.15, 0.2) is 5.96 Å². The Morgan fingerprint density at radius 1 is 0.522 bits per heavy atom. The van der Waals surface area contributed by atoms with Crippen LogP contribution in [0.15, 0.2) is 4.99 Å². The molecule has 67 heavy (non-hydrogen) atoms. The third-order valence-corrected chi connectivity index (χ3v) is 9.32. The molecule has 0 saturated heterocycles. The fourth-order valence-electron chi connectivity index (χ4n) is 5.93. The minimum Gasteiger partial charge on any atom is -0.481 e. The van der Waals surface area contributed by atoms with E-state index in [1.54, 1.807) is 27.7 Å². The van der Waals surface area contributed by atoms with Gasteiger partial charge in [0.05, 0.1) is 32.2 Å². The third-order valence-electron chi connectivity index (χ3n) is 9.32. The summed E-state index contributed by atoms with van der Waals surface area (Å²) in [6, 6.07) is -8.42. The fraction of sp³-hybridized carbons (Fsp3) is 0.692. The molecule has 0 radical (unpaired) electrons. The van der Waals surface area contributed by atoms with Gasteiger partial charge in [-0.25, -0.2) is 0 Å². The largest absolute Gasteiger partial charge is 0.481 e. The number of carbonyl (C=O) groups is 11. The highest BCUT2D eigenvalue weighted by Crippen LogP contribution is 2.09. The lowest BCUT2D eigenvalue weighted by atomic mass is 10.0. The van der Waals surface area contributed by atoms with Crippen molar-refractivity contribution in [2.75, 3.05) is 39.3 Å². The van der Waals surface area contributed by atoms with E-state index in [-0.39, 0.29) is 44.1 Å². The summed E-state index contributed by atoms with van der Waals surface area (Å²) in [5.41, 5.74) is 21.6. The second-order valence-electron chi connectivity index (χ2n) is 16.1. The maximum absolute atomic E-state index is 13.6. The molecule has 0 aliphatic carbocycles. The molecule has 28 heteroatoms. The molecule has 380 valence electrons. The molecule has 0 aromatic carbocycles. The number of nitrogens with two attached hydrogens (primary N) is 4. The van der Waals surface area contributed by atoms with Crippen LogP contribution in [0.25, 0.3) is 0 Å². The Kier molecular flexibility index (Phi) is 28.9. The van der Waals surface area contributed by atoms with Crippen LogP contribution in [0.5, 0.6) is 0 Å². The first-order valence-corrected chi connectivity index (χ1v) is 21.5. The van der Waals surface area contributed by atoms with Crippen LogP contribution in [0, 0.1) is 11.8 Å². The van der Waals surface area contributed by atoms with Crippen molar-refractivity contribution in [3.8, 4) is 0 Å². The van der Waals surface area contributed by atoms with Crippen molar-refractivity contribution in [1.29, 1.82) is 0 Å². The number of rotatable bonds is 33. The van der Waals surface area contributed by atoms with Crippen LogP contribution in [0.2, 0.25) is 0 Å². The van der Waals surface area contributed by atoms with Crippen molar-refractivity contribution in [3.63, 3.8) is 0 Å². The summed E-state index contributed by atoms with van der Waals surface area (Å²) < 4.78 is 0. The summed E-state index contributed by atoms with van der Waals surface area (Å²) in [7, 11) is 0. The van der Waals surface area contributed by atoms with Gasteiger partial charge in [-0.05, 0) is 63.8 Å². The number of carboxylic acids is 2. The summed E-state index contributed by atoms with van der Waals surface area (Å²) in [5, 5.41) is 49.4. The van der Waals surface area contributed by atoms with Gasteiger partial charge in [0, 0.05) is 6.54 Å². The Bertz CT molecular complexity index is 1740. The normalized spacial score (nSPS) is 14.0. The van der Waals surface area contributed by atoms with Crippen LogP contribution in [-0.2, 0) is 52.7 Å². The van der Waals surface area contributed by atoms with Gasteiger partial charge in [-0.15, -0.1) is 0 Å². The molecule has 28 nitrogen and oxygen atoms in total. The van der Waals surface area contributed by atoms with Gasteiger partial charge in [-0.3, -0.25) is 57.7 Å². The average molecular weight is 959 g/mol. The molecule has 0 rings (SSSR count). The number of aliphatic hydroxyl groups excluding tert-OH is 1. The molecule has 0 aliphatic heterocycles. The van der Waals surface area contributed by atoms with Gasteiger partial charge < -0.3 is 86.1 Å². The molecule has 9 amide bonds. The lowest BCUT2D eigenvalue weighted by Gasteiger charge is -2.26. The second-order valence-corrected chi connectivity index (χ2v) is 16.1. The van der Waals surface area contributed by atoms with Gasteiger partial charge >= 0.3 is 11.9 Å². The minimum absolute atomic E-state index is 0.0287. The molecule has 0 aromatic heterocycles. The van der Waals surface area contributed by atoms with E-state index in [1.165, 1.54) is 6.92 Å². The van der Waals surface area contributed by atoms with Crippen molar-refractivity contribution in [2.24, 2.45) is 39.8 Å². The second kappa shape index (κ2) is 32.1. The van der Waals surface area contributed by atoms with Gasteiger partial charge in [0.2, 0.25) is 53.2 Å². The number of aliphatic imine (C=N–C) groups is 1. The average Bonchev–Trinajstić information content (AvgIpc) is 3.23. The summed E-state index contributed by atoms with van der Waals surface area (Å²) in [6.07, 6.45) is -1.28. The van der Waals surface area contributed by atoms with Gasteiger partial charge in [-0.2, -0.15) is 0 Å². The summed E-state index contributed by atoms with van der Waals surface area (Å²) in [6.45, 7) is 5.35. The Labute approximate surface area is 387 Å². The Balaban J connectivity index is 5.98.